The number of carboxylic acid groups (broad SMARTS) is 1. The van der Waals surface area contributed by atoms with E-state index in [1.54, 1.807) is 13.8 Å². The highest BCUT2D eigenvalue weighted by Crippen LogP contribution is 2.38. The van der Waals surface area contributed by atoms with E-state index in [9.17, 15) is 13.6 Å². The third-order valence-corrected chi connectivity index (χ3v) is 2.62. The number of rotatable bonds is 8. The molecule has 0 saturated carbocycles. The number of alkyl halides is 2. The number of aliphatic carboxylic acids is 1. The Morgan fingerprint density at radius 1 is 1.20 bits per heavy atom. The van der Waals surface area contributed by atoms with Gasteiger partial charge < -0.3 is 14.6 Å². The van der Waals surface area contributed by atoms with Crippen molar-refractivity contribution in [3.63, 3.8) is 0 Å². The number of carboxylic acids is 1. The number of carbonyl (C=O) groups is 1. The van der Waals surface area contributed by atoms with Gasteiger partial charge in [-0.25, -0.2) is 8.78 Å². The fourth-order valence-electron chi connectivity index (χ4n) is 1.69. The molecule has 0 spiro atoms. The highest BCUT2D eigenvalue weighted by molar-refractivity contribution is 5.66. The van der Waals surface area contributed by atoms with Gasteiger partial charge in [0.05, 0.1) is 19.6 Å². The second-order valence-electron chi connectivity index (χ2n) is 4.13. The Kier molecular flexibility index (Phi) is 5.73. The lowest BCUT2D eigenvalue weighted by Crippen LogP contribution is -2.15. The maximum absolute atomic E-state index is 13.9. The zero-order chi connectivity index (χ0) is 15.2. The van der Waals surface area contributed by atoms with Crippen molar-refractivity contribution in [1.29, 1.82) is 0 Å². The zero-order valence-electron chi connectivity index (χ0n) is 11.5. The van der Waals surface area contributed by atoms with Gasteiger partial charge in [0, 0.05) is 12.0 Å². The fraction of sp³-hybridized carbons (Fsp3) is 0.500. The van der Waals surface area contributed by atoms with Crippen LogP contribution in [0.4, 0.5) is 8.78 Å². The van der Waals surface area contributed by atoms with E-state index in [1.165, 1.54) is 18.2 Å². The Bertz CT molecular complexity index is 460. The van der Waals surface area contributed by atoms with Gasteiger partial charge in [-0.15, -0.1) is 0 Å². The molecule has 0 aliphatic rings. The summed E-state index contributed by atoms with van der Waals surface area (Å²) < 4.78 is 38.4. The van der Waals surface area contributed by atoms with Crippen LogP contribution in [0.2, 0.25) is 0 Å². The van der Waals surface area contributed by atoms with Crippen LogP contribution in [0.15, 0.2) is 18.2 Å². The van der Waals surface area contributed by atoms with Crippen molar-refractivity contribution in [2.45, 2.75) is 32.6 Å². The highest BCUT2D eigenvalue weighted by atomic mass is 19.3. The maximum atomic E-state index is 13.9. The molecule has 1 aromatic rings. The quantitative estimate of drug-likeness (QED) is 0.796. The summed E-state index contributed by atoms with van der Waals surface area (Å²) in [7, 11) is 0. The molecule has 0 aliphatic heterocycles. The minimum atomic E-state index is -3.21. The second kappa shape index (κ2) is 7.07. The molecule has 20 heavy (non-hydrogen) atoms. The average Bonchev–Trinajstić information content (AvgIpc) is 2.39. The average molecular weight is 288 g/mol. The van der Waals surface area contributed by atoms with Crippen LogP contribution in [0.5, 0.6) is 11.5 Å². The van der Waals surface area contributed by atoms with Crippen molar-refractivity contribution in [2.24, 2.45) is 0 Å². The van der Waals surface area contributed by atoms with Crippen LogP contribution < -0.4 is 9.47 Å². The molecular formula is C14H18F2O4. The van der Waals surface area contributed by atoms with Gasteiger partial charge in [-0.1, -0.05) is 0 Å². The van der Waals surface area contributed by atoms with E-state index in [0.29, 0.717) is 19.0 Å². The lowest BCUT2D eigenvalue weighted by Gasteiger charge is -2.18. The van der Waals surface area contributed by atoms with Crippen molar-refractivity contribution < 1.29 is 28.2 Å². The number of hydrogen-bond donors (Lipinski definition) is 1. The number of hydrogen-bond acceptors (Lipinski definition) is 3. The van der Waals surface area contributed by atoms with Crippen LogP contribution in [0.3, 0.4) is 0 Å². The van der Waals surface area contributed by atoms with Gasteiger partial charge in [0.2, 0.25) is 0 Å². The molecular weight excluding hydrogens is 270 g/mol. The molecule has 0 aromatic heterocycles. The van der Waals surface area contributed by atoms with E-state index >= 15 is 0 Å². The van der Waals surface area contributed by atoms with Crippen LogP contribution in [0.1, 0.15) is 32.3 Å². The molecule has 0 heterocycles. The summed E-state index contributed by atoms with van der Waals surface area (Å²) in [5.41, 5.74) is -0.273. The lowest BCUT2D eigenvalue weighted by atomic mass is 10.0. The van der Waals surface area contributed by atoms with Crippen LogP contribution in [-0.2, 0) is 10.7 Å². The second-order valence-corrected chi connectivity index (χ2v) is 4.13. The van der Waals surface area contributed by atoms with Crippen LogP contribution in [0, 0.1) is 0 Å². The first-order valence-electron chi connectivity index (χ1n) is 6.40. The van der Waals surface area contributed by atoms with Crippen molar-refractivity contribution in [2.75, 3.05) is 13.2 Å². The molecule has 112 valence electrons. The smallest absolute Gasteiger partial charge is 0.303 e. The maximum Gasteiger partial charge on any atom is 0.303 e. The summed E-state index contributed by atoms with van der Waals surface area (Å²) in [5, 5.41) is 8.50. The largest absolute Gasteiger partial charge is 0.490 e. The van der Waals surface area contributed by atoms with Crippen molar-refractivity contribution in [3.05, 3.63) is 23.8 Å². The molecule has 1 N–H and O–H groups in total. The van der Waals surface area contributed by atoms with Gasteiger partial charge in [0.15, 0.2) is 11.5 Å². The topological polar surface area (TPSA) is 55.8 Å². The minimum Gasteiger partial charge on any atom is -0.490 e. The Labute approximate surface area is 116 Å². The number of ether oxygens (including phenoxy) is 2. The molecule has 0 saturated heterocycles. The summed E-state index contributed by atoms with van der Waals surface area (Å²) in [6.07, 6.45) is -1.34. The molecule has 1 aromatic carbocycles. The Morgan fingerprint density at radius 3 is 2.35 bits per heavy atom. The van der Waals surface area contributed by atoms with Gasteiger partial charge in [0.25, 0.3) is 5.92 Å². The van der Waals surface area contributed by atoms with E-state index in [0.717, 1.165) is 0 Å². The van der Waals surface area contributed by atoms with E-state index in [1.807, 2.05) is 0 Å². The fourth-order valence-corrected chi connectivity index (χ4v) is 1.69. The van der Waals surface area contributed by atoms with Crippen molar-refractivity contribution in [3.8, 4) is 11.5 Å². The number of halogens is 2. The van der Waals surface area contributed by atoms with Crippen molar-refractivity contribution in [1.82, 2.24) is 0 Å². The van der Waals surface area contributed by atoms with Gasteiger partial charge in [-0.3, -0.25) is 4.79 Å². The van der Waals surface area contributed by atoms with Crippen LogP contribution in [-0.4, -0.2) is 24.3 Å². The van der Waals surface area contributed by atoms with Crippen molar-refractivity contribution >= 4 is 5.97 Å². The Balaban J connectivity index is 2.99. The van der Waals surface area contributed by atoms with E-state index in [-0.39, 0.29) is 11.3 Å². The van der Waals surface area contributed by atoms with E-state index in [2.05, 4.69) is 0 Å². The first-order chi connectivity index (χ1) is 9.40. The molecule has 0 bridgehead atoms. The third-order valence-electron chi connectivity index (χ3n) is 2.62. The molecule has 0 unspecified atom stereocenters. The molecule has 0 radical (unpaired) electrons. The van der Waals surface area contributed by atoms with E-state index in [4.69, 9.17) is 14.6 Å². The highest BCUT2D eigenvalue weighted by Gasteiger charge is 2.33. The molecule has 4 nitrogen and oxygen atoms in total. The Morgan fingerprint density at radius 2 is 1.80 bits per heavy atom. The predicted molar refractivity (Wildman–Crippen MR) is 69.5 cm³/mol. The summed E-state index contributed by atoms with van der Waals surface area (Å²) >= 11 is 0. The van der Waals surface area contributed by atoms with E-state index < -0.39 is 24.7 Å². The summed E-state index contributed by atoms with van der Waals surface area (Å²) in [5.74, 6) is -3.83. The molecule has 6 heteroatoms. The normalized spacial score (nSPS) is 11.2. The first kappa shape index (κ1) is 16.2. The molecule has 0 atom stereocenters. The van der Waals surface area contributed by atoms with Gasteiger partial charge in [-0.2, -0.15) is 0 Å². The van der Waals surface area contributed by atoms with Crippen LogP contribution >= 0.6 is 0 Å². The predicted octanol–water partition coefficient (Wildman–Crippen LogP) is 3.44. The third kappa shape index (κ3) is 4.36. The zero-order valence-corrected chi connectivity index (χ0v) is 11.5. The SMILES string of the molecule is CCOc1ccc(C(F)(F)CCC(=O)O)cc1OCC. The van der Waals surface area contributed by atoms with Gasteiger partial charge in [0.1, 0.15) is 0 Å². The van der Waals surface area contributed by atoms with Gasteiger partial charge >= 0.3 is 5.97 Å². The summed E-state index contributed by atoms with van der Waals surface area (Å²) in [6.45, 7) is 4.25. The molecule has 0 fully saturated rings. The molecule has 1 rings (SSSR count). The molecule has 0 amide bonds. The monoisotopic (exact) mass is 288 g/mol. The summed E-state index contributed by atoms with van der Waals surface area (Å²) in [6, 6.07) is 3.85. The van der Waals surface area contributed by atoms with Gasteiger partial charge in [-0.05, 0) is 32.0 Å². The molecule has 0 aliphatic carbocycles. The lowest BCUT2D eigenvalue weighted by molar-refractivity contribution is -0.139. The minimum absolute atomic E-state index is 0.238. The summed E-state index contributed by atoms with van der Waals surface area (Å²) in [4.78, 5) is 10.4. The number of benzene rings is 1. The van der Waals surface area contributed by atoms with Crippen LogP contribution in [0.25, 0.3) is 0 Å². The standard InChI is InChI=1S/C14H18F2O4/c1-3-19-11-6-5-10(9-12(11)20-4-2)14(15,16)8-7-13(17)18/h5-6,9H,3-4,7-8H2,1-2H3,(H,17,18). The Hall–Kier alpha value is -1.85. The first-order valence-corrected chi connectivity index (χ1v) is 6.40.